The Morgan fingerprint density at radius 2 is 2.12 bits per heavy atom. The second-order valence-corrected chi connectivity index (χ2v) is 4.84. The Bertz CT molecular complexity index is 251. The molecule has 1 saturated carbocycles. The number of allylic oxidation sites excluding steroid dienone is 1. The van der Waals surface area contributed by atoms with E-state index in [4.69, 9.17) is 0 Å². The lowest BCUT2D eigenvalue weighted by atomic mass is 9.82. The van der Waals surface area contributed by atoms with E-state index in [9.17, 15) is 4.79 Å². The molecule has 1 fully saturated rings. The summed E-state index contributed by atoms with van der Waals surface area (Å²) in [7, 11) is 1.43. The molecule has 2 nitrogen and oxygen atoms in total. The van der Waals surface area contributed by atoms with Crippen LogP contribution < -0.4 is 0 Å². The number of unbranched alkanes of at least 4 members (excludes halogenated alkanes) is 1. The summed E-state index contributed by atoms with van der Waals surface area (Å²) in [4.78, 5) is 11.1. The first-order chi connectivity index (χ1) is 7.68. The van der Waals surface area contributed by atoms with Crippen molar-refractivity contribution >= 4 is 5.97 Å². The van der Waals surface area contributed by atoms with Crippen molar-refractivity contribution in [2.45, 2.75) is 52.4 Å². The number of esters is 1. The van der Waals surface area contributed by atoms with Gasteiger partial charge in [0.2, 0.25) is 0 Å². The average Bonchev–Trinajstić information content (AvgIpc) is 3.08. The largest absolute Gasteiger partial charge is 0.466 e. The highest BCUT2D eigenvalue weighted by Crippen LogP contribution is 2.55. The van der Waals surface area contributed by atoms with Gasteiger partial charge in [0.05, 0.1) is 7.11 Å². The van der Waals surface area contributed by atoms with E-state index in [1.165, 1.54) is 45.6 Å². The first-order valence-electron chi connectivity index (χ1n) is 6.45. The summed E-state index contributed by atoms with van der Waals surface area (Å²) in [5.41, 5.74) is 0.318. The van der Waals surface area contributed by atoms with Crippen LogP contribution in [0.25, 0.3) is 0 Å². The molecular formula is C14H24O2. The van der Waals surface area contributed by atoms with Crippen LogP contribution in [0.3, 0.4) is 0 Å². The molecule has 0 aromatic carbocycles. The summed E-state index contributed by atoms with van der Waals surface area (Å²) in [6, 6.07) is 0. The van der Waals surface area contributed by atoms with Gasteiger partial charge in [-0.25, -0.2) is 4.79 Å². The van der Waals surface area contributed by atoms with E-state index in [2.05, 4.69) is 24.7 Å². The third-order valence-corrected chi connectivity index (χ3v) is 3.79. The van der Waals surface area contributed by atoms with Crippen LogP contribution in [0.5, 0.6) is 0 Å². The van der Waals surface area contributed by atoms with E-state index >= 15 is 0 Å². The fraction of sp³-hybridized carbons (Fsp3) is 0.786. The van der Waals surface area contributed by atoms with Crippen molar-refractivity contribution in [3.63, 3.8) is 0 Å². The molecule has 0 aromatic rings. The van der Waals surface area contributed by atoms with Crippen LogP contribution >= 0.6 is 0 Å². The van der Waals surface area contributed by atoms with Crippen LogP contribution in [-0.2, 0) is 9.53 Å². The van der Waals surface area contributed by atoms with E-state index in [1.807, 2.05) is 0 Å². The molecule has 0 aliphatic heterocycles. The molecule has 0 saturated heterocycles. The Morgan fingerprint density at radius 1 is 1.44 bits per heavy atom. The van der Waals surface area contributed by atoms with Gasteiger partial charge in [-0.2, -0.15) is 0 Å². The Balaban J connectivity index is 2.54. The first-order valence-corrected chi connectivity index (χ1v) is 6.45. The minimum Gasteiger partial charge on any atom is -0.466 e. The number of hydrogen-bond donors (Lipinski definition) is 0. The quantitative estimate of drug-likeness (QED) is 0.486. The molecule has 0 heterocycles. The lowest BCUT2D eigenvalue weighted by Gasteiger charge is -2.22. The van der Waals surface area contributed by atoms with Gasteiger partial charge in [0.15, 0.2) is 0 Å². The highest BCUT2D eigenvalue weighted by atomic mass is 16.5. The maximum absolute atomic E-state index is 11.1. The van der Waals surface area contributed by atoms with Crippen LogP contribution in [0.15, 0.2) is 12.2 Å². The molecule has 0 bridgehead atoms. The zero-order valence-corrected chi connectivity index (χ0v) is 10.8. The fourth-order valence-electron chi connectivity index (χ4n) is 2.51. The van der Waals surface area contributed by atoms with Gasteiger partial charge >= 0.3 is 5.97 Å². The smallest absolute Gasteiger partial charge is 0.330 e. The van der Waals surface area contributed by atoms with Crippen molar-refractivity contribution in [3.8, 4) is 0 Å². The van der Waals surface area contributed by atoms with Crippen molar-refractivity contribution in [2.24, 2.45) is 11.3 Å². The Labute approximate surface area is 99.1 Å². The molecule has 0 aromatic heterocycles. The van der Waals surface area contributed by atoms with Gasteiger partial charge in [0.25, 0.3) is 0 Å². The summed E-state index contributed by atoms with van der Waals surface area (Å²) < 4.78 is 4.64. The highest BCUT2D eigenvalue weighted by molar-refractivity contribution is 5.81. The Kier molecular flexibility index (Phi) is 5.04. The van der Waals surface area contributed by atoms with Crippen molar-refractivity contribution in [1.82, 2.24) is 0 Å². The standard InChI is InChI=1S/C14H24O2/c1-4-6-7-12(5-2)14(10-11-14)9-8-13(15)16-3/h8-9,12H,4-7,10-11H2,1-3H3. The van der Waals surface area contributed by atoms with E-state index in [1.54, 1.807) is 6.08 Å². The monoisotopic (exact) mass is 224 g/mol. The number of hydrogen-bond acceptors (Lipinski definition) is 2. The maximum Gasteiger partial charge on any atom is 0.330 e. The van der Waals surface area contributed by atoms with Crippen LogP contribution in [0.4, 0.5) is 0 Å². The first kappa shape index (κ1) is 13.3. The summed E-state index contributed by atoms with van der Waals surface area (Å²) in [6.07, 6.45) is 11.2. The van der Waals surface area contributed by atoms with Crippen molar-refractivity contribution in [2.75, 3.05) is 7.11 Å². The lowest BCUT2D eigenvalue weighted by molar-refractivity contribution is -0.134. The number of carbonyl (C=O) groups is 1. The lowest BCUT2D eigenvalue weighted by Crippen LogP contribution is -2.13. The van der Waals surface area contributed by atoms with Crippen molar-refractivity contribution < 1.29 is 9.53 Å². The third-order valence-electron chi connectivity index (χ3n) is 3.79. The van der Waals surface area contributed by atoms with E-state index in [-0.39, 0.29) is 5.97 Å². The van der Waals surface area contributed by atoms with E-state index in [0.717, 1.165) is 5.92 Å². The summed E-state index contributed by atoms with van der Waals surface area (Å²) in [5, 5.41) is 0. The van der Waals surface area contributed by atoms with Crippen LogP contribution in [0.2, 0.25) is 0 Å². The molecular weight excluding hydrogens is 200 g/mol. The highest BCUT2D eigenvalue weighted by Gasteiger charge is 2.45. The molecule has 92 valence electrons. The number of carbonyl (C=O) groups excluding carboxylic acids is 1. The Hall–Kier alpha value is -0.790. The molecule has 2 heteroatoms. The van der Waals surface area contributed by atoms with Gasteiger partial charge in [-0.1, -0.05) is 39.2 Å². The second-order valence-electron chi connectivity index (χ2n) is 4.84. The minimum atomic E-state index is -0.225. The molecule has 0 spiro atoms. The summed E-state index contributed by atoms with van der Waals surface area (Å²) in [5.74, 6) is 0.518. The van der Waals surface area contributed by atoms with Gasteiger partial charge in [-0.3, -0.25) is 0 Å². The third kappa shape index (κ3) is 3.36. The van der Waals surface area contributed by atoms with Crippen LogP contribution in [-0.4, -0.2) is 13.1 Å². The SMILES string of the molecule is CCCCC(CC)C1(C=CC(=O)OC)CC1. The van der Waals surface area contributed by atoms with Gasteiger partial charge in [0.1, 0.15) is 0 Å². The molecule has 1 unspecified atom stereocenters. The topological polar surface area (TPSA) is 26.3 Å². The number of methoxy groups -OCH3 is 1. The van der Waals surface area contributed by atoms with Crippen LogP contribution in [0, 0.1) is 11.3 Å². The normalized spacial score (nSPS) is 19.7. The molecule has 0 N–H and O–H groups in total. The maximum atomic E-state index is 11.1. The van der Waals surface area contributed by atoms with E-state index < -0.39 is 0 Å². The second kappa shape index (κ2) is 6.07. The molecule has 1 atom stereocenters. The predicted molar refractivity (Wildman–Crippen MR) is 66.1 cm³/mol. The Morgan fingerprint density at radius 3 is 2.56 bits per heavy atom. The van der Waals surface area contributed by atoms with E-state index in [0.29, 0.717) is 5.41 Å². The summed E-state index contributed by atoms with van der Waals surface area (Å²) >= 11 is 0. The molecule has 0 radical (unpaired) electrons. The zero-order valence-electron chi connectivity index (χ0n) is 10.8. The predicted octanol–water partition coefficient (Wildman–Crippen LogP) is 3.71. The van der Waals surface area contributed by atoms with Gasteiger partial charge in [0, 0.05) is 6.08 Å². The van der Waals surface area contributed by atoms with Gasteiger partial charge in [-0.05, 0) is 30.6 Å². The number of rotatable bonds is 7. The van der Waals surface area contributed by atoms with Crippen molar-refractivity contribution in [3.05, 3.63) is 12.2 Å². The summed E-state index contributed by atoms with van der Waals surface area (Å²) in [6.45, 7) is 4.49. The molecule has 0 amide bonds. The fourth-order valence-corrected chi connectivity index (χ4v) is 2.51. The molecule has 16 heavy (non-hydrogen) atoms. The van der Waals surface area contributed by atoms with Crippen LogP contribution in [0.1, 0.15) is 52.4 Å². The molecule has 1 rings (SSSR count). The molecule has 1 aliphatic carbocycles. The average molecular weight is 224 g/mol. The van der Waals surface area contributed by atoms with Gasteiger partial charge < -0.3 is 4.74 Å². The molecule has 1 aliphatic rings. The number of ether oxygens (including phenoxy) is 1. The van der Waals surface area contributed by atoms with Crippen molar-refractivity contribution in [1.29, 1.82) is 0 Å². The zero-order chi connectivity index (χ0) is 12.0. The van der Waals surface area contributed by atoms with Gasteiger partial charge in [-0.15, -0.1) is 0 Å². The minimum absolute atomic E-state index is 0.225.